The van der Waals surface area contributed by atoms with Crippen LogP contribution in [0.25, 0.3) is 0 Å². The summed E-state index contributed by atoms with van der Waals surface area (Å²) in [5.74, 6) is 0.753. The normalized spacial score (nSPS) is 13.6. The van der Waals surface area contributed by atoms with Gasteiger partial charge in [0.15, 0.2) is 6.29 Å². The van der Waals surface area contributed by atoms with E-state index in [1.54, 1.807) is 14.2 Å². The number of hydrogen-bond acceptors (Lipinski definition) is 5. The third-order valence-corrected chi connectivity index (χ3v) is 3.09. The predicted octanol–water partition coefficient (Wildman–Crippen LogP) is 1.99. The molecule has 0 radical (unpaired) electrons. The summed E-state index contributed by atoms with van der Waals surface area (Å²) in [6, 6.07) is 0. The molecule has 0 heterocycles. The molecule has 0 bridgehead atoms. The van der Waals surface area contributed by atoms with Gasteiger partial charge in [0, 0.05) is 33.9 Å². The minimum absolute atomic E-state index is 0.253. The molecule has 0 saturated heterocycles. The Hall–Kier alpha value is -0.850. The largest absolute Gasteiger partial charge is 0.444 e. The Morgan fingerprint density at radius 3 is 2.05 bits per heavy atom. The first kappa shape index (κ1) is 20.1. The molecule has 0 spiro atoms. The number of carbonyl (C=O) groups excluding carboxylic acids is 1. The quantitative estimate of drug-likeness (QED) is 0.638. The van der Waals surface area contributed by atoms with E-state index >= 15 is 0 Å². The van der Waals surface area contributed by atoms with Crippen molar-refractivity contribution < 1.29 is 19.0 Å². The molecule has 6 heteroatoms. The third kappa shape index (κ3) is 10.5. The van der Waals surface area contributed by atoms with Crippen LogP contribution in [0.15, 0.2) is 0 Å². The van der Waals surface area contributed by atoms with E-state index in [0.717, 1.165) is 6.54 Å². The Kier molecular flexibility index (Phi) is 9.57. The molecule has 21 heavy (non-hydrogen) atoms. The van der Waals surface area contributed by atoms with Crippen molar-refractivity contribution in [1.82, 2.24) is 10.6 Å². The lowest BCUT2D eigenvalue weighted by atomic mass is 9.96. The summed E-state index contributed by atoms with van der Waals surface area (Å²) in [7, 11) is 3.22. The molecule has 0 aliphatic heterocycles. The molecule has 0 aliphatic rings. The van der Waals surface area contributed by atoms with Crippen molar-refractivity contribution in [3.8, 4) is 0 Å². The zero-order valence-electron chi connectivity index (χ0n) is 14.5. The average molecular weight is 304 g/mol. The number of hydrogen-bond donors (Lipinski definition) is 2. The van der Waals surface area contributed by atoms with Crippen LogP contribution < -0.4 is 10.6 Å². The lowest BCUT2D eigenvalue weighted by Crippen LogP contribution is -2.41. The zero-order valence-corrected chi connectivity index (χ0v) is 14.5. The Bertz CT molecular complexity index is 286. The van der Waals surface area contributed by atoms with E-state index in [1.807, 2.05) is 20.8 Å². The zero-order chi connectivity index (χ0) is 16.5. The molecule has 1 unspecified atom stereocenters. The minimum atomic E-state index is -0.472. The lowest BCUT2D eigenvalue weighted by Gasteiger charge is -2.25. The van der Waals surface area contributed by atoms with E-state index in [0.29, 0.717) is 24.9 Å². The molecular weight excluding hydrogens is 272 g/mol. The van der Waals surface area contributed by atoms with E-state index in [4.69, 9.17) is 14.2 Å². The van der Waals surface area contributed by atoms with Gasteiger partial charge in [-0.05, 0) is 32.6 Å². The topological polar surface area (TPSA) is 68.8 Å². The van der Waals surface area contributed by atoms with Crippen LogP contribution in [-0.2, 0) is 14.2 Å². The molecule has 0 aromatic carbocycles. The molecule has 0 aromatic rings. The maximum atomic E-state index is 11.7. The average Bonchev–Trinajstić information content (AvgIpc) is 2.35. The van der Waals surface area contributed by atoms with Gasteiger partial charge in [-0.1, -0.05) is 13.8 Å². The maximum absolute atomic E-state index is 11.7. The first-order chi connectivity index (χ1) is 9.69. The van der Waals surface area contributed by atoms with E-state index in [1.165, 1.54) is 0 Å². The highest BCUT2D eigenvalue weighted by Crippen LogP contribution is 2.10. The Morgan fingerprint density at radius 1 is 1.05 bits per heavy atom. The molecule has 0 saturated carbocycles. The van der Waals surface area contributed by atoms with E-state index in [2.05, 4.69) is 24.5 Å². The minimum Gasteiger partial charge on any atom is -0.444 e. The highest BCUT2D eigenvalue weighted by atomic mass is 16.7. The number of alkyl carbamates (subject to hydrolysis) is 1. The molecule has 0 fully saturated rings. The van der Waals surface area contributed by atoms with Gasteiger partial charge >= 0.3 is 6.09 Å². The van der Waals surface area contributed by atoms with Crippen LogP contribution >= 0.6 is 0 Å². The Balaban J connectivity index is 4.11. The van der Waals surface area contributed by atoms with Gasteiger partial charge in [0.25, 0.3) is 0 Å². The second-order valence-corrected chi connectivity index (χ2v) is 6.45. The molecule has 0 aromatic heterocycles. The van der Waals surface area contributed by atoms with Crippen LogP contribution in [0.5, 0.6) is 0 Å². The van der Waals surface area contributed by atoms with Crippen LogP contribution in [0.1, 0.15) is 34.6 Å². The summed E-state index contributed by atoms with van der Waals surface area (Å²) in [5, 5.41) is 6.12. The van der Waals surface area contributed by atoms with Crippen molar-refractivity contribution >= 4 is 6.09 Å². The Labute approximate surface area is 128 Å². The first-order valence-electron chi connectivity index (χ1n) is 7.42. The lowest BCUT2D eigenvalue weighted by molar-refractivity contribution is -0.0991. The summed E-state index contributed by atoms with van der Waals surface area (Å²) < 4.78 is 15.5. The molecule has 126 valence electrons. The van der Waals surface area contributed by atoms with Crippen molar-refractivity contribution in [3.63, 3.8) is 0 Å². The summed E-state index contributed by atoms with van der Waals surface area (Å²) >= 11 is 0. The van der Waals surface area contributed by atoms with Gasteiger partial charge in [-0.25, -0.2) is 4.79 Å². The van der Waals surface area contributed by atoms with Gasteiger partial charge < -0.3 is 24.8 Å². The number of ether oxygens (including phenoxy) is 3. The fourth-order valence-corrected chi connectivity index (χ4v) is 1.72. The summed E-state index contributed by atoms with van der Waals surface area (Å²) in [5.41, 5.74) is -0.472. The van der Waals surface area contributed by atoms with Crippen molar-refractivity contribution in [2.24, 2.45) is 11.8 Å². The summed E-state index contributed by atoms with van der Waals surface area (Å²) in [6.45, 7) is 11.8. The van der Waals surface area contributed by atoms with Crippen LogP contribution in [0.2, 0.25) is 0 Å². The highest BCUT2D eigenvalue weighted by Gasteiger charge is 2.19. The SMILES string of the molecule is COC(CNCC(CNC(=O)OC(C)(C)C)C(C)C)OC. The molecule has 1 atom stereocenters. The predicted molar refractivity (Wildman–Crippen MR) is 83.2 cm³/mol. The van der Waals surface area contributed by atoms with Crippen molar-refractivity contribution in [3.05, 3.63) is 0 Å². The highest BCUT2D eigenvalue weighted by molar-refractivity contribution is 5.67. The fourth-order valence-electron chi connectivity index (χ4n) is 1.72. The van der Waals surface area contributed by atoms with E-state index < -0.39 is 5.60 Å². The molecule has 1 amide bonds. The standard InChI is InChI=1S/C15H32N2O4/c1-11(2)12(8-16-10-13(19-6)20-7)9-17-14(18)21-15(3,4)5/h11-13,16H,8-10H2,1-7H3,(H,17,18). The summed E-state index contributed by atoms with van der Waals surface area (Å²) in [6.07, 6.45) is -0.628. The van der Waals surface area contributed by atoms with Gasteiger partial charge in [-0.3, -0.25) is 0 Å². The molecule has 2 N–H and O–H groups in total. The van der Waals surface area contributed by atoms with Crippen molar-refractivity contribution in [1.29, 1.82) is 0 Å². The second-order valence-electron chi connectivity index (χ2n) is 6.45. The first-order valence-corrected chi connectivity index (χ1v) is 7.42. The second kappa shape index (κ2) is 9.97. The number of amides is 1. The van der Waals surface area contributed by atoms with E-state index in [9.17, 15) is 4.79 Å². The molecular formula is C15H32N2O4. The number of rotatable bonds is 9. The summed E-state index contributed by atoms with van der Waals surface area (Å²) in [4.78, 5) is 11.7. The van der Waals surface area contributed by atoms with Crippen molar-refractivity contribution in [2.75, 3.05) is 33.9 Å². The fraction of sp³-hybridized carbons (Fsp3) is 0.933. The number of carbonyl (C=O) groups is 1. The van der Waals surface area contributed by atoms with Gasteiger partial charge in [0.1, 0.15) is 5.60 Å². The van der Waals surface area contributed by atoms with Crippen molar-refractivity contribution in [2.45, 2.75) is 46.5 Å². The van der Waals surface area contributed by atoms with Crippen LogP contribution in [-0.4, -0.2) is 51.8 Å². The maximum Gasteiger partial charge on any atom is 0.407 e. The number of methoxy groups -OCH3 is 2. The van der Waals surface area contributed by atoms with Gasteiger partial charge in [0.05, 0.1) is 0 Å². The van der Waals surface area contributed by atoms with Gasteiger partial charge in [-0.2, -0.15) is 0 Å². The van der Waals surface area contributed by atoms with E-state index in [-0.39, 0.29) is 12.4 Å². The van der Waals surface area contributed by atoms with Gasteiger partial charge in [-0.15, -0.1) is 0 Å². The van der Waals surface area contributed by atoms with Crippen LogP contribution in [0.3, 0.4) is 0 Å². The molecule has 0 rings (SSSR count). The molecule has 0 aliphatic carbocycles. The van der Waals surface area contributed by atoms with Crippen LogP contribution in [0, 0.1) is 11.8 Å². The molecule has 6 nitrogen and oxygen atoms in total. The van der Waals surface area contributed by atoms with Gasteiger partial charge in [0.2, 0.25) is 0 Å². The smallest absolute Gasteiger partial charge is 0.407 e. The monoisotopic (exact) mass is 304 g/mol. The van der Waals surface area contributed by atoms with Crippen LogP contribution in [0.4, 0.5) is 4.79 Å². The number of nitrogens with one attached hydrogen (secondary N) is 2. The third-order valence-electron chi connectivity index (χ3n) is 3.09. The Morgan fingerprint density at radius 2 is 1.62 bits per heavy atom.